The number of carbonyl (C=O) groups excluding carboxylic acids is 2. The van der Waals surface area contributed by atoms with Crippen LogP contribution in [0.25, 0.3) is 0 Å². The van der Waals surface area contributed by atoms with Crippen molar-refractivity contribution in [2.75, 3.05) is 18.4 Å². The van der Waals surface area contributed by atoms with Crippen LogP contribution in [0.2, 0.25) is 0 Å². The normalized spacial score (nSPS) is 15.1. The van der Waals surface area contributed by atoms with Crippen LogP contribution in [0.1, 0.15) is 42.1 Å². The van der Waals surface area contributed by atoms with Gasteiger partial charge in [-0.05, 0) is 74.6 Å². The SMILES string of the molecule is CC(Cc1ccncc1)NC(=O)Nc1ccc(C(=O)N2CCCCC2)cc1. The summed E-state index contributed by atoms with van der Waals surface area (Å²) in [6.07, 6.45) is 7.57. The van der Waals surface area contributed by atoms with Gasteiger partial charge in [-0.3, -0.25) is 9.78 Å². The number of benzene rings is 1. The number of rotatable bonds is 5. The number of piperidine rings is 1. The molecule has 1 saturated heterocycles. The molecular formula is C21H26N4O2. The number of hydrogen-bond acceptors (Lipinski definition) is 3. The van der Waals surface area contributed by atoms with Gasteiger partial charge in [0.1, 0.15) is 0 Å². The second-order valence-corrected chi connectivity index (χ2v) is 6.99. The minimum Gasteiger partial charge on any atom is -0.339 e. The van der Waals surface area contributed by atoms with Crippen molar-refractivity contribution in [1.82, 2.24) is 15.2 Å². The van der Waals surface area contributed by atoms with Crippen LogP contribution in [-0.2, 0) is 6.42 Å². The number of amides is 3. The van der Waals surface area contributed by atoms with Gasteiger partial charge >= 0.3 is 6.03 Å². The Hall–Kier alpha value is -2.89. The fraction of sp³-hybridized carbons (Fsp3) is 0.381. The van der Waals surface area contributed by atoms with E-state index >= 15 is 0 Å². The number of likely N-dealkylation sites (tertiary alicyclic amines) is 1. The largest absolute Gasteiger partial charge is 0.339 e. The second-order valence-electron chi connectivity index (χ2n) is 6.99. The van der Waals surface area contributed by atoms with Crippen LogP contribution >= 0.6 is 0 Å². The van der Waals surface area contributed by atoms with E-state index in [0.29, 0.717) is 11.3 Å². The van der Waals surface area contributed by atoms with Crippen molar-refractivity contribution >= 4 is 17.6 Å². The summed E-state index contributed by atoms with van der Waals surface area (Å²) in [7, 11) is 0. The molecule has 0 aliphatic carbocycles. The second kappa shape index (κ2) is 9.16. The number of nitrogens with zero attached hydrogens (tertiary/aromatic N) is 2. The van der Waals surface area contributed by atoms with Gasteiger partial charge in [-0.25, -0.2) is 4.79 Å². The first kappa shape index (κ1) is 18.9. The Bertz CT molecular complexity index is 756. The maximum absolute atomic E-state index is 12.5. The lowest BCUT2D eigenvalue weighted by Crippen LogP contribution is -2.37. The van der Waals surface area contributed by atoms with Gasteiger partial charge in [0.2, 0.25) is 0 Å². The van der Waals surface area contributed by atoms with Crippen molar-refractivity contribution < 1.29 is 9.59 Å². The van der Waals surface area contributed by atoms with Crippen LogP contribution in [0.5, 0.6) is 0 Å². The molecule has 0 bridgehead atoms. The molecule has 27 heavy (non-hydrogen) atoms. The van der Waals surface area contributed by atoms with Gasteiger partial charge in [0, 0.05) is 42.8 Å². The standard InChI is InChI=1S/C21H26N4O2/c1-16(15-17-9-11-22-12-10-17)23-21(27)24-19-7-5-18(6-8-19)20(26)25-13-3-2-4-14-25/h5-12,16H,2-4,13-15H2,1H3,(H2,23,24,27). The lowest BCUT2D eigenvalue weighted by Gasteiger charge is -2.26. The van der Waals surface area contributed by atoms with E-state index in [1.165, 1.54) is 6.42 Å². The summed E-state index contributed by atoms with van der Waals surface area (Å²) in [5.74, 6) is 0.0664. The lowest BCUT2D eigenvalue weighted by molar-refractivity contribution is 0.0724. The number of anilines is 1. The maximum atomic E-state index is 12.5. The third-order valence-corrected chi connectivity index (χ3v) is 4.70. The molecule has 3 amide bonds. The van der Waals surface area contributed by atoms with Crippen molar-refractivity contribution in [3.8, 4) is 0 Å². The van der Waals surface area contributed by atoms with Gasteiger partial charge in [-0.2, -0.15) is 0 Å². The van der Waals surface area contributed by atoms with Crippen molar-refractivity contribution in [1.29, 1.82) is 0 Å². The molecule has 1 aliphatic rings. The fourth-order valence-corrected chi connectivity index (χ4v) is 3.29. The lowest BCUT2D eigenvalue weighted by atomic mass is 10.1. The summed E-state index contributed by atoms with van der Waals surface area (Å²) in [4.78, 5) is 30.5. The Morgan fingerprint density at radius 3 is 2.37 bits per heavy atom. The van der Waals surface area contributed by atoms with Crippen LogP contribution in [0.15, 0.2) is 48.8 Å². The molecule has 0 spiro atoms. The van der Waals surface area contributed by atoms with E-state index in [9.17, 15) is 9.59 Å². The Balaban J connectivity index is 1.50. The summed E-state index contributed by atoms with van der Waals surface area (Å²) in [5, 5.41) is 5.74. The highest BCUT2D eigenvalue weighted by Crippen LogP contribution is 2.15. The quantitative estimate of drug-likeness (QED) is 0.851. The van der Waals surface area contributed by atoms with E-state index in [4.69, 9.17) is 0 Å². The Morgan fingerprint density at radius 1 is 1.04 bits per heavy atom. The molecule has 1 aromatic heterocycles. The van der Waals surface area contributed by atoms with Gasteiger partial charge in [0.05, 0.1) is 0 Å². The third-order valence-electron chi connectivity index (χ3n) is 4.70. The molecule has 1 aliphatic heterocycles. The number of carbonyl (C=O) groups is 2. The van der Waals surface area contributed by atoms with E-state index in [1.54, 1.807) is 36.7 Å². The summed E-state index contributed by atoms with van der Waals surface area (Å²) >= 11 is 0. The topological polar surface area (TPSA) is 74.3 Å². The van der Waals surface area contributed by atoms with Crippen LogP contribution in [0, 0.1) is 0 Å². The Labute approximate surface area is 160 Å². The van der Waals surface area contributed by atoms with Crippen LogP contribution in [0.3, 0.4) is 0 Å². The smallest absolute Gasteiger partial charge is 0.319 e. The van der Waals surface area contributed by atoms with E-state index < -0.39 is 0 Å². The molecule has 2 aromatic rings. The predicted molar refractivity (Wildman–Crippen MR) is 106 cm³/mol. The molecule has 0 radical (unpaired) electrons. The van der Waals surface area contributed by atoms with Gasteiger partial charge in [0.25, 0.3) is 5.91 Å². The van der Waals surface area contributed by atoms with E-state index in [1.807, 2.05) is 24.0 Å². The predicted octanol–water partition coefficient (Wildman–Crippen LogP) is 3.46. The highest BCUT2D eigenvalue weighted by atomic mass is 16.2. The van der Waals surface area contributed by atoms with Gasteiger partial charge in [0.15, 0.2) is 0 Å². The van der Waals surface area contributed by atoms with Gasteiger partial charge < -0.3 is 15.5 Å². The fourth-order valence-electron chi connectivity index (χ4n) is 3.29. The molecule has 1 unspecified atom stereocenters. The summed E-state index contributed by atoms with van der Waals surface area (Å²) in [6, 6.07) is 10.7. The highest BCUT2D eigenvalue weighted by Gasteiger charge is 2.18. The molecule has 1 aromatic carbocycles. The first-order valence-corrected chi connectivity index (χ1v) is 9.47. The monoisotopic (exact) mass is 366 g/mol. The zero-order valence-electron chi connectivity index (χ0n) is 15.6. The molecule has 0 saturated carbocycles. The van der Waals surface area contributed by atoms with Crippen molar-refractivity contribution in [2.45, 2.75) is 38.6 Å². The molecule has 6 nitrogen and oxygen atoms in total. The number of urea groups is 1. The van der Waals surface area contributed by atoms with Gasteiger partial charge in [-0.15, -0.1) is 0 Å². The summed E-state index contributed by atoms with van der Waals surface area (Å²) < 4.78 is 0. The van der Waals surface area contributed by atoms with Crippen LogP contribution in [0.4, 0.5) is 10.5 Å². The van der Waals surface area contributed by atoms with E-state index in [2.05, 4.69) is 15.6 Å². The number of pyridine rings is 1. The first-order valence-electron chi connectivity index (χ1n) is 9.47. The Morgan fingerprint density at radius 2 is 1.70 bits per heavy atom. The average molecular weight is 366 g/mol. The van der Waals surface area contributed by atoms with Gasteiger partial charge in [-0.1, -0.05) is 0 Å². The molecule has 2 heterocycles. The van der Waals surface area contributed by atoms with Crippen molar-refractivity contribution in [3.63, 3.8) is 0 Å². The molecule has 6 heteroatoms. The Kier molecular flexibility index (Phi) is 6.41. The minimum absolute atomic E-state index is 0.00708. The molecule has 2 N–H and O–H groups in total. The van der Waals surface area contributed by atoms with E-state index in [0.717, 1.165) is 37.9 Å². The number of nitrogens with one attached hydrogen (secondary N) is 2. The zero-order valence-corrected chi connectivity index (χ0v) is 15.6. The zero-order chi connectivity index (χ0) is 19.1. The number of aromatic nitrogens is 1. The average Bonchev–Trinajstić information content (AvgIpc) is 2.69. The molecule has 142 valence electrons. The summed E-state index contributed by atoms with van der Waals surface area (Å²) in [6.45, 7) is 3.62. The van der Waals surface area contributed by atoms with Crippen molar-refractivity contribution in [3.05, 3.63) is 59.9 Å². The number of hydrogen-bond donors (Lipinski definition) is 2. The molecule has 1 atom stereocenters. The third kappa shape index (κ3) is 5.54. The van der Waals surface area contributed by atoms with Crippen molar-refractivity contribution in [2.24, 2.45) is 0 Å². The van der Waals surface area contributed by atoms with Crippen LogP contribution < -0.4 is 10.6 Å². The molecular weight excluding hydrogens is 340 g/mol. The van der Waals surface area contributed by atoms with E-state index in [-0.39, 0.29) is 18.0 Å². The van der Waals surface area contributed by atoms with Crippen LogP contribution in [-0.4, -0.2) is 41.0 Å². The summed E-state index contributed by atoms with van der Waals surface area (Å²) in [5.41, 5.74) is 2.45. The highest BCUT2D eigenvalue weighted by molar-refractivity contribution is 5.95. The first-order chi connectivity index (χ1) is 13.1. The minimum atomic E-state index is -0.258. The maximum Gasteiger partial charge on any atom is 0.319 e. The molecule has 3 rings (SSSR count). The molecule has 1 fully saturated rings.